The first-order valence-electron chi connectivity index (χ1n) is 7.90. The van der Waals surface area contributed by atoms with Crippen molar-refractivity contribution in [2.24, 2.45) is 0 Å². The molecule has 1 atom stereocenters. The molecule has 1 N–H and O–H groups in total. The molecule has 1 amide bonds. The van der Waals surface area contributed by atoms with E-state index in [9.17, 15) is 9.18 Å². The number of hydrogen-bond acceptors (Lipinski definition) is 3. The van der Waals surface area contributed by atoms with Crippen molar-refractivity contribution in [3.63, 3.8) is 0 Å². The van der Waals surface area contributed by atoms with Gasteiger partial charge in [-0.25, -0.2) is 4.39 Å². The van der Waals surface area contributed by atoms with Crippen LogP contribution < -0.4 is 10.2 Å². The number of benzene rings is 1. The average Bonchev–Trinajstić information content (AvgIpc) is 3.10. The Balaban J connectivity index is 1.73. The van der Waals surface area contributed by atoms with Crippen molar-refractivity contribution in [3.05, 3.63) is 59.7 Å². The molecule has 0 aliphatic carbocycles. The summed E-state index contributed by atoms with van der Waals surface area (Å²) in [5, 5.41) is 2.85. The van der Waals surface area contributed by atoms with E-state index in [1.165, 1.54) is 30.8 Å². The minimum atomic E-state index is -0.608. The van der Waals surface area contributed by atoms with E-state index in [1.807, 2.05) is 19.1 Å². The summed E-state index contributed by atoms with van der Waals surface area (Å²) in [5.41, 5.74) is 2.20. The van der Waals surface area contributed by atoms with Gasteiger partial charge in [0.05, 0.1) is 17.8 Å². The lowest BCUT2D eigenvalue weighted by atomic mass is 10.1. The van der Waals surface area contributed by atoms with Gasteiger partial charge < -0.3 is 10.2 Å². The zero-order chi connectivity index (χ0) is 16.2. The number of pyridine rings is 1. The van der Waals surface area contributed by atoms with Crippen LogP contribution in [-0.4, -0.2) is 24.0 Å². The van der Waals surface area contributed by atoms with E-state index in [0.717, 1.165) is 24.8 Å². The van der Waals surface area contributed by atoms with Gasteiger partial charge in [-0.1, -0.05) is 12.1 Å². The second kappa shape index (κ2) is 6.77. The molecule has 5 heteroatoms. The average molecular weight is 313 g/mol. The number of anilines is 1. The molecule has 0 spiro atoms. The van der Waals surface area contributed by atoms with Gasteiger partial charge in [-0.2, -0.15) is 0 Å². The first-order chi connectivity index (χ1) is 11.1. The summed E-state index contributed by atoms with van der Waals surface area (Å²) >= 11 is 0. The van der Waals surface area contributed by atoms with Crippen LogP contribution in [0.15, 0.2) is 42.7 Å². The van der Waals surface area contributed by atoms with Gasteiger partial charge in [0.1, 0.15) is 0 Å². The smallest absolute Gasteiger partial charge is 0.254 e. The molecule has 0 unspecified atom stereocenters. The molecule has 1 aliphatic rings. The number of nitrogens with zero attached hydrogens (tertiary/aromatic N) is 2. The van der Waals surface area contributed by atoms with Crippen LogP contribution in [0.5, 0.6) is 0 Å². The second-order valence-electron chi connectivity index (χ2n) is 5.84. The molecule has 0 saturated carbocycles. The summed E-state index contributed by atoms with van der Waals surface area (Å²) in [6, 6.07) is 9.35. The Morgan fingerprint density at radius 2 is 2.09 bits per heavy atom. The highest BCUT2D eigenvalue weighted by Gasteiger charge is 2.17. The monoisotopic (exact) mass is 313 g/mol. The molecule has 1 aromatic carbocycles. The van der Waals surface area contributed by atoms with E-state index < -0.39 is 11.7 Å². The highest BCUT2D eigenvalue weighted by Crippen LogP contribution is 2.24. The van der Waals surface area contributed by atoms with Crippen LogP contribution in [0.4, 0.5) is 10.1 Å². The third-order valence-electron chi connectivity index (χ3n) is 4.21. The fourth-order valence-electron chi connectivity index (χ4n) is 2.88. The number of carbonyl (C=O) groups excluding carboxylic acids is 1. The lowest BCUT2D eigenvalue weighted by Gasteiger charge is -2.20. The molecule has 1 saturated heterocycles. The lowest BCUT2D eigenvalue weighted by Crippen LogP contribution is -2.27. The Bertz CT molecular complexity index is 698. The van der Waals surface area contributed by atoms with E-state index in [0.29, 0.717) is 0 Å². The number of carbonyl (C=O) groups is 1. The van der Waals surface area contributed by atoms with Crippen LogP contribution in [0.1, 0.15) is 41.7 Å². The Kier molecular flexibility index (Phi) is 4.55. The fourth-order valence-corrected chi connectivity index (χ4v) is 2.88. The van der Waals surface area contributed by atoms with Crippen LogP contribution in [0.3, 0.4) is 0 Å². The number of aromatic nitrogens is 1. The maximum absolute atomic E-state index is 13.6. The van der Waals surface area contributed by atoms with Crippen molar-refractivity contribution in [2.45, 2.75) is 25.8 Å². The summed E-state index contributed by atoms with van der Waals surface area (Å²) in [7, 11) is 0. The summed E-state index contributed by atoms with van der Waals surface area (Å²) in [5.74, 6) is -1.04. The topological polar surface area (TPSA) is 45.2 Å². The minimum Gasteiger partial charge on any atom is -0.372 e. The predicted octanol–water partition coefficient (Wildman–Crippen LogP) is 3.31. The fraction of sp³-hybridized carbons (Fsp3) is 0.333. The normalized spacial score (nSPS) is 15.5. The Hall–Kier alpha value is -2.43. The molecule has 1 aromatic heterocycles. The van der Waals surface area contributed by atoms with Crippen molar-refractivity contribution in [3.8, 4) is 0 Å². The van der Waals surface area contributed by atoms with E-state index in [2.05, 4.69) is 27.3 Å². The molecule has 1 aliphatic heterocycles. The highest BCUT2D eigenvalue weighted by molar-refractivity contribution is 5.94. The Morgan fingerprint density at radius 1 is 1.30 bits per heavy atom. The molecule has 4 nitrogen and oxygen atoms in total. The molecule has 1 fully saturated rings. The van der Waals surface area contributed by atoms with Gasteiger partial charge in [-0.05, 0) is 43.5 Å². The van der Waals surface area contributed by atoms with Crippen molar-refractivity contribution in [1.82, 2.24) is 10.3 Å². The van der Waals surface area contributed by atoms with Gasteiger partial charge >= 0.3 is 0 Å². The van der Waals surface area contributed by atoms with Crippen LogP contribution in [0, 0.1) is 5.82 Å². The quantitative estimate of drug-likeness (QED) is 0.942. The van der Waals surface area contributed by atoms with Gasteiger partial charge in [0, 0.05) is 25.0 Å². The van der Waals surface area contributed by atoms with E-state index in [-0.39, 0.29) is 11.6 Å². The van der Waals surface area contributed by atoms with E-state index >= 15 is 0 Å². The van der Waals surface area contributed by atoms with Gasteiger partial charge in [0.2, 0.25) is 0 Å². The van der Waals surface area contributed by atoms with Crippen molar-refractivity contribution in [1.29, 1.82) is 0 Å². The molecule has 120 valence electrons. The summed E-state index contributed by atoms with van der Waals surface area (Å²) in [6.45, 7) is 4.05. The van der Waals surface area contributed by atoms with Crippen LogP contribution in [0.25, 0.3) is 0 Å². The maximum Gasteiger partial charge on any atom is 0.254 e. The number of hydrogen-bond donors (Lipinski definition) is 1. The zero-order valence-electron chi connectivity index (χ0n) is 13.1. The predicted molar refractivity (Wildman–Crippen MR) is 88.0 cm³/mol. The molecular weight excluding hydrogens is 293 g/mol. The molecule has 0 radical (unpaired) electrons. The van der Waals surface area contributed by atoms with Gasteiger partial charge in [0.15, 0.2) is 5.82 Å². The van der Waals surface area contributed by atoms with Crippen LogP contribution in [0.2, 0.25) is 0 Å². The molecule has 2 heterocycles. The third-order valence-corrected chi connectivity index (χ3v) is 4.21. The number of halogens is 1. The number of amides is 1. The zero-order valence-corrected chi connectivity index (χ0v) is 13.1. The number of rotatable bonds is 4. The second-order valence-corrected chi connectivity index (χ2v) is 5.84. The van der Waals surface area contributed by atoms with Crippen molar-refractivity contribution in [2.75, 3.05) is 18.0 Å². The number of nitrogens with one attached hydrogen (secondary N) is 1. The van der Waals surface area contributed by atoms with Gasteiger partial charge in [-0.15, -0.1) is 0 Å². The SMILES string of the molecule is C[C@H](NC(=O)c1ccncc1F)c1cccc(N2CCCC2)c1. The minimum absolute atomic E-state index is 0.0162. The van der Waals surface area contributed by atoms with Crippen molar-refractivity contribution >= 4 is 11.6 Å². The Labute approximate surface area is 135 Å². The lowest BCUT2D eigenvalue weighted by molar-refractivity contribution is 0.0935. The largest absolute Gasteiger partial charge is 0.372 e. The van der Waals surface area contributed by atoms with Crippen LogP contribution >= 0.6 is 0 Å². The first-order valence-corrected chi connectivity index (χ1v) is 7.90. The molecule has 0 bridgehead atoms. The molecule has 2 aromatic rings. The van der Waals surface area contributed by atoms with Gasteiger partial charge in [-0.3, -0.25) is 9.78 Å². The highest BCUT2D eigenvalue weighted by atomic mass is 19.1. The first kappa shape index (κ1) is 15.5. The Morgan fingerprint density at radius 3 is 2.83 bits per heavy atom. The summed E-state index contributed by atoms with van der Waals surface area (Å²) in [6.07, 6.45) is 4.90. The molecule has 23 heavy (non-hydrogen) atoms. The standard InChI is InChI=1S/C18H20FN3O/c1-13(21-18(23)16-7-8-20-12-17(16)19)14-5-4-6-15(11-14)22-9-2-3-10-22/h4-8,11-13H,2-3,9-10H2,1H3,(H,21,23)/t13-/m0/s1. The summed E-state index contributed by atoms with van der Waals surface area (Å²) < 4.78 is 13.6. The van der Waals surface area contributed by atoms with E-state index in [4.69, 9.17) is 0 Å². The van der Waals surface area contributed by atoms with Crippen molar-refractivity contribution < 1.29 is 9.18 Å². The third kappa shape index (κ3) is 3.50. The van der Waals surface area contributed by atoms with Gasteiger partial charge in [0.25, 0.3) is 5.91 Å². The van der Waals surface area contributed by atoms with E-state index in [1.54, 1.807) is 0 Å². The van der Waals surface area contributed by atoms with Crippen LogP contribution in [-0.2, 0) is 0 Å². The molecular formula is C18H20FN3O. The summed E-state index contributed by atoms with van der Waals surface area (Å²) in [4.78, 5) is 18.2. The maximum atomic E-state index is 13.6. The molecule has 3 rings (SSSR count).